The standard InChI is InChI=1S/C42H59N3O5Si/c1-9-30-44-36-25-20-18-23-34(36)41(5,6)38(44)27-16-14-13-15-17-28-39-42(7,8)35-24-19-21-26-37(35)45(39)31-32-47-40(46)43-29-22-33-51(48-10-2,49-11-3)50-12-4/h13-21,23-28H,9-12,22,29-33H2,1-8H3/p+1. The first kappa shape index (κ1) is 40.0. The van der Waals surface area contributed by atoms with Gasteiger partial charge in [0.1, 0.15) is 13.2 Å². The van der Waals surface area contributed by atoms with Crippen molar-refractivity contribution in [2.75, 3.05) is 51.0 Å². The molecule has 2 heterocycles. The van der Waals surface area contributed by atoms with Gasteiger partial charge in [0, 0.05) is 73.3 Å². The van der Waals surface area contributed by atoms with Crippen LogP contribution in [0.4, 0.5) is 16.2 Å². The topological polar surface area (TPSA) is 72.3 Å². The van der Waals surface area contributed by atoms with E-state index in [4.69, 9.17) is 18.0 Å². The monoisotopic (exact) mass is 714 g/mol. The van der Waals surface area contributed by atoms with Crippen LogP contribution >= 0.6 is 0 Å². The SMILES string of the molecule is CCC[N+]1=C(/C=C/C=C/C=C/C=C2/N(CCOC(=O)NCCC[Si](OCC)(OCC)OCC)c3ccccc3C2(C)C)C(C)(C)c2ccccc21. The van der Waals surface area contributed by atoms with Gasteiger partial charge >= 0.3 is 14.9 Å². The van der Waals surface area contributed by atoms with E-state index in [0.29, 0.717) is 45.4 Å². The van der Waals surface area contributed by atoms with Gasteiger partial charge in [-0.2, -0.15) is 4.58 Å². The van der Waals surface area contributed by atoms with E-state index >= 15 is 0 Å². The lowest BCUT2D eigenvalue weighted by molar-refractivity contribution is -0.437. The van der Waals surface area contributed by atoms with Crippen molar-refractivity contribution in [3.63, 3.8) is 0 Å². The molecule has 276 valence electrons. The minimum absolute atomic E-state index is 0.0429. The van der Waals surface area contributed by atoms with Crippen molar-refractivity contribution >= 4 is 32.0 Å². The van der Waals surface area contributed by atoms with Crippen molar-refractivity contribution in [1.82, 2.24) is 5.32 Å². The maximum absolute atomic E-state index is 12.6. The summed E-state index contributed by atoms with van der Waals surface area (Å²) in [7, 11) is -2.74. The summed E-state index contributed by atoms with van der Waals surface area (Å²) in [6.07, 6.45) is 16.2. The molecule has 2 aliphatic heterocycles. The number of carbonyl (C=O) groups is 1. The lowest BCUT2D eigenvalue weighted by atomic mass is 9.81. The largest absolute Gasteiger partial charge is 0.500 e. The van der Waals surface area contributed by atoms with Crippen LogP contribution in [0, 0.1) is 0 Å². The molecule has 1 N–H and O–H groups in total. The number of para-hydroxylation sites is 2. The van der Waals surface area contributed by atoms with Crippen LogP contribution in [0.1, 0.15) is 79.4 Å². The molecule has 2 aliphatic rings. The molecule has 0 radical (unpaired) electrons. The van der Waals surface area contributed by atoms with Gasteiger partial charge in [0.25, 0.3) is 0 Å². The summed E-state index contributed by atoms with van der Waals surface area (Å²) in [6.45, 7) is 21.0. The molecule has 4 rings (SSSR count). The van der Waals surface area contributed by atoms with Crippen molar-refractivity contribution in [2.45, 2.75) is 85.1 Å². The van der Waals surface area contributed by atoms with Gasteiger partial charge in [0.2, 0.25) is 5.69 Å². The Bertz CT molecular complexity index is 1610. The summed E-state index contributed by atoms with van der Waals surface area (Å²) in [5.41, 5.74) is 7.34. The van der Waals surface area contributed by atoms with Crippen LogP contribution < -0.4 is 10.2 Å². The van der Waals surface area contributed by atoms with Gasteiger partial charge < -0.3 is 28.2 Å². The molecule has 2 aromatic rings. The zero-order chi connectivity index (χ0) is 36.9. The van der Waals surface area contributed by atoms with Crippen LogP contribution in [0.3, 0.4) is 0 Å². The maximum atomic E-state index is 12.6. The molecule has 0 aliphatic carbocycles. The summed E-state index contributed by atoms with van der Waals surface area (Å²) >= 11 is 0. The van der Waals surface area contributed by atoms with Crippen molar-refractivity contribution in [1.29, 1.82) is 0 Å². The summed E-state index contributed by atoms with van der Waals surface area (Å²) in [5.74, 6) is 0. The molecule has 51 heavy (non-hydrogen) atoms. The van der Waals surface area contributed by atoms with E-state index in [0.717, 1.165) is 24.4 Å². The minimum Gasteiger partial charge on any atom is -0.448 e. The second kappa shape index (κ2) is 18.6. The molecule has 2 aromatic carbocycles. The molecule has 8 nitrogen and oxygen atoms in total. The highest BCUT2D eigenvalue weighted by Crippen LogP contribution is 2.47. The second-order valence-corrected chi connectivity index (χ2v) is 16.5. The molecule has 0 saturated carbocycles. The average molecular weight is 715 g/mol. The molecule has 0 spiro atoms. The number of anilines is 1. The van der Waals surface area contributed by atoms with E-state index < -0.39 is 14.9 Å². The van der Waals surface area contributed by atoms with E-state index in [2.05, 4.69) is 140 Å². The zero-order valence-corrected chi connectivity index (χ0v) is 33.2. The first-order valence-electron chi connectivity index (χ1n) is 18.7. The molecule has 0 atom stereocenters. The zero-order valence-electron chi connectivity index (χ0n) is 32.2. The fourth-order valence-electron chi connectivity index (χ4n) is 7.25. The first-order chi connectivity index (χ1) is 24.6. The van der Waals surface area contributed by atoms with Crippen LogP contribution in [-0.4, -0.2) is 71.2 Å². The van der Waals surface area contributed by atoms with E-state index in [1.807, 2.05) is 20.8 Å². The van der Waals surface area contributed by atoms with Gasteiger partial charge in [0.15, 0.2) is 5.71 Å². The molecule has 0 saturated heterocycles. The lowest BCUT2D eigenvalue weighted by Gasteiger charge is -2.28. The third-order valence-corrected chi connectivity index (χ3v) is 12.7. The Balaban J connectivity index is 1.36. The number of carbonyl (C=O) groups excluding carboxylic acids is 1. The highest BCUT2D eigenvalue weighted by molar-refractivity contribution is 6.60. The number of nitrogens with one attached hydrogen (secondary N) is 1. The number of ether oxygens (including phenoxy) is 1. The Kier molecular flexibility index (Phi) is 14.6. The van der Waals surface area contributed by atoms with E-state index in [1.165, 1.54) is 22.5 Å². The third-order valence-electron chi connectivity index (χ3n) is 9.57. The summed E-state index contributed by atoms with van der Waals surface area (Å²) in [6, 6.07) is 17.9. The van der Waals surface area contributed by atoms with Crippen molar-refractivity contribution in [3.8, 4) is 0 Å². The number of rotatable bonds is 19. The number of benzene rings is 2. The number of fused-ring (bicyclic) bond motifs is 2. The number of hydrogen-bond acceptors (Lipinski definition) is 6. The van der Waals surface area contributed by atoms with E-state index in [9.17, 15) is 4.79 Å². The molecule has 0 fully saturated rings. The van der Waals surface area contributed by atoms with E-state index in [-0.39, 0.29) is 17.4 Å². The van der Waals surface area contributed by atoms with Crippen LogP contribution in [-0.2, 0) is 28.8 Å². The fourth-order valence-corrected chi connectivity index (χ4v) is 9.86. The molecule has 1 amide bonds. The van der Waals surface area contributed by atoms with Crippen LogP contribution in [0.25, 0.3) is 0 Å². The first-order valence-corrected chi connectivity index (χ1v) is 20.7. The summed E-state index contributed by atoms with van der Waals surface area (Å²) < 4.78 is 25.9. The number of nitrogens with zero attached hydrogens (tertiary/aromatic N) is 2. The van der Waals surface area contributed by atoms with Crippen LogP contribution in [0.5, 0.6) is 0 Å². The van der Waals surface area contributed by atoms with Crippen molar-refractivity contribution in [2.24, 2.45) is 0 Å². The van der Waals surface area contributed by atoms with Crippen LogP contribution in [0.2, 0.25) is 6.04 Å². The highest BCUT2D eigenvalue weighted by atomic mass is 28.4. The molecular formula is C42H60N3O5Si+. The number of allylic oxidation sites excluding steroid dienone is 8. The normalized spacial score (nSPS) is 17.3. The van der Waals surface area contributed by atoms with Crippen molar-refractivity contribution < 1.29 is 27.4 Å². The predicted octanol–water partition coefficient (Wildman–Crippen LogP) is 8.99. The Morgan fingerprint density at radius 2 is 1.45 bits per heavy atom. The Morgan fingerprint density at radius 3 is 2.14 bits per heavy atom. The molecule has 0 unspecified atom stereocenters. The van der Waals surface area contributed by atoms with Gasteiger partial charge in [0.05, 0.1) is 12.0 Å². The Hall–Kier alpha value is -3.76. The van der Waals surface area contributed by atoms with Crippen molar-refractivity contribution in [3.05, 3.63) is 108 Å². The molecular weight excluding hydrogens is 655 g/mol. The van der Waals surface area contributed by atoms with Gasteiger partial charge in [-0.25, -0.2) is 4.79 Å². The number of alkyl carbamates (subject to hydrolysis) is 1. The smallest absolute Gasteiger partial charge is 0.448 e. The number of amides is 1. The quantitative estimate of drug-likeness (QED) is 0.0678. The van der Waals surface area contributed by atoms with Crippen LogP contribution in [0.15, 0.2) is 96.8 Å². The second-order valence-electron chi connectivity index (χ2n) is 13.8. The Morgan fingerprint density at radius 1 is 0.824 bits per heavy atom. The van der Waals surface area contributed by atoms with Gasteiger partial charge in [-0.1, -0.05) is 87.5 Å². The summed E-state index contributed by atoms with van der Waals surface area (Å²) in [5, 5.41) is 2.88. The fraction of sp³-hybridized carbons (Fsp3) is 0.476. The Labute approximate surface area is 307 Å². The van der Waals surface area contributed by atoms with Gasteiger partial charge in [-0.3, -0.25) is 0 Å². The van der Waals surface area contributed by atoms with Gasteiger partial charge in [-0.05, 0) is 58.7 Å². The molecule has 0 bridgehead atoms. The lowest BCUT2D eigenvalue weighted by Crippen LogP contribution is -2.46. The molecule has 9 heteroatoms. The highest BCUT2D eigenvalue weighted by Gasteiger charge is 2.44. The van der Waals surface area contributed by atoms with E-state index in [1.54, 1.807) is 0 Å². The van der Waals surface area contributed by atoms with Gasteiger partial charge in [-0.15, -0.1) is 0 Å². The number of hydrogen-bond donors (Lipinski definition) is 1. The third kappa shape index (κ3) is 9.57. The minimum atomic E-state index is -2.74. The molecule has 0 aromatic heterocycles. The average Bonchev–Trinajstić information content (AvgIpc) is 3.45. The maximum Gasteiger partial charge on any atom is 0.500 e. The predicted molar refractivity (Wildman–Crippen MR) is 211 cm³/mol. The summed E-state index contributed by atoms with van der Waals surface area (Å²) in [4.78, 5) is 14.9.